The second-order valence-corrected chi connectivity index (χ2v) is 6.16. The standard InChI is InChI=1S/C20H26ClNO2/c1-3-4-7-12-22-14-16-10-11-19(20(13-16)23-2)24-15-17-8-5-6-9-18(17)21/h5-6,8-11,13,22H,3-4,7,12,14-15H2,1-2H3. The van der Waals surface area contributed by atoms with Crippen LogP contribution in [0.4, 0.5) is 0 Å². The highest BCUT2D eigenvalue weighted by Crippen LogP contribution is 2.29. The van der Waals surface area contributed by atoms with E-state index in [2.05, 4.69) is 18.3 Å². The summed E-state index contributed by atoms with van der Waals surface area (Å²) in [6, 6.07) is 13.7. The van der Waals surface area contributed by atoms with Crippen LogP contribution in [0.5, 0.6) is 11.5 Å². The van der Waals surface area contributed by atoms with Crippen molar-refractivity contribution >= 4 is 11.6 Å². The molecule has 0 amide bonds. The normalized spacial score (nSPS) is 10.6. The fourth-order valence-electron chi connectivity index (χ4n) is 2.44. The van der Waals surface area contributed by atoms with Gasteiger partial charge in [0.25, 0.3) is 0 Å². The van der Waals surface area contributed by atoms with Crippen LogP contribution in [0.25, 0.3) is 0 Å². The summed E-state index contributed by atoms with van der Waals surface area (Å²) in [6.07, 6.45) is 3.73. The highest BCUT2D eigenvalue weighted by molar-refractivity contribution is 6.31. The molecule has 0 bridgehead atoms. The van der Waals surface area contributed by atoms with Crippen LogP contribution in [-0.2, 0) is 13.2 Å². The zero-order chi connectivity index (χ0) is 17.2. The third-order valence-corrected chi connectivity index (χ3v) is 4.22. The Morgan fingerprint density at radius 3 is 2.62 bits per heavy atom. The van der Waals surface area contributed by atoms with Crippen LogP contribution in [0.2, 0.25) is 5.02 Å². The van der Waals surface area contributed by atoms with Crippen molar-refractivity contribution in [3.63, 3.8) is 0 Å². The quantitative estimate of drug-likeness (QED) is 0.598. The molecule has 4 heteroatoms. The van der Waals surface area contributed by atoms with E-state index in [1.54, 1.807) is 7.11 Å². The summed E-state index contributed by atoms with van der Waals surface area (Å²) in [5, 5.41) is 4.17. The van der Waals surface area contributed by atoms with Gasteiger partial charge in [0.1, 0.15) is 6.61 Å². The predicted molar refractivity (Wildman–Crippen MR) is 100 cm³/mol. The molecule has 0 aromatic heterocycles. The molecule has 0 spiro atoms. The Kier molecular flexibility index (Phi) is 7.93. The topological polar surface area (TPSA) is 30.5 Å². The summed E-state index contributed by atoms with van der Waals surface area (Å²) in [4.78, 5) is 0. The average molecular weight is 348 g/mol. The third-order valence-electron chi connectivity index (χ3n) is 3.86. The molecule has 0 aliphatic carbocycles. The fraction of sp³-hybridized carbons (Fsp3) is 0.400. The van der Waals surface area contributed by atoms with Crippen molar-refractivity contribution in [2.45, 2.75) is 39.3 Å². The van der Waals surface area contributed by atoms with Crippen molar-refractivity contribution in [2.24, 2.45) is 0 Å². The molecule has 0 saturated heterocycles. The Hall–Kier alpha value is -1.71. The van der Waals surface area contributed by atoms with Gasteiger partial charge in [0.15, 0.2) is 11.5 Å². The van der Waals surface area contributed by atoms with Crippen LogP contribution in [0.15, 0.2) is 42.5 Å². The van der Waals surface area contributed by atoms with Gasteiger partial charge in [-0.3, -0.25) is 0 Å². The minimum Gasteiger partial charge on any atom is -0.493 e. The van der Waals surface area contributed by atoms with E-state index in [4.69, 9.17) is 21.1 Å². The number of rotatable bonds is 10. The van der Waals surface area contributed by atoms with Gasteiger partial charge < -0.3 is 14.8 Å². The zero-order valence-corrected chi connectivity index (χ0v) is 15.2. The largest absolute Gasteiger partial charge is 0.493 e. The lowest BCUT2D eigenvalue weighted by Crippen LogP contribution is -2.14. The smallest absolute Gasteiger partial charge is 0.161 e. The number of hydrogen-bond donors (Lipinski definition) is 1. The lowest BCUT2D eigenvalue weighted by molar-refractivity contribution is 0.284. The summed E-state index contributed by atoms with van der Waals surface area (Å²) in [5.41, 5.74) is 2.15. The van der Waals surface area contributed by atoms with Gasteiger partial charge in [0.2, 0.25) is 0 Å². The predicted octanol–water partition coefficient (Wildman–Crippen LogP) is 5.21. The van der Waals surface area contributed by atoms with E-state index in [0.29, 0.717) is 11.6 Å². The molecule has 0 aliphatic rings. The number of ether oxygens (including phenoxy) is 2. The van der Waals surface area contributed by atoms with Crippen LogP contribution in [-0.4, -0.2) is 13.7 Å². The molecule has 2 aromatic rings. The SMILES string of the molecule is CCCCCNCc1ccc(OCc2ccccc2Cl)c(OC)c1. The van der Waals surface area contributed by atoms with E-state index in [0.717, 1.165) is 30.2 Å². The van der Waals surface area contributed by atoms with E-state index >= 15 is 0 Å². The van der Waals surface area contributed by atoms with E-state index in [1.807, 2.05) is 36.4 Å². The molecule has 1 N–H and O–H groups in total. The van der Waals surface area contributed by atoms with E-state index in [9.17, 15) is 0 Å². The van der Waals surface area contributed by atoms with Crippen molar-refractivity contribution in [3.8, 4) is 11.5 Å². The maximum Gasteiger partial charge on any atom is 0.161 e. The highest BCUT2D eigenvalue weighted by Gasteiger charge is 2.07. The molecule has 130 valence electrons. The first kappa shape index (κ1) is 18.6. The fourth-order valence-corrected chi connectivity index (χ4v) is 2.64. The highest BCUT2D eigenvalue weighted by atomic mass is 35.5. The molecule has 0 atom stereocenters. The summed E-state index contributed by atoms with van der Waals surface area (Å²) in [7, 11) is 1.66. The molecule has 0 aliphatic heterocycles. The molecular formula is C20H26ClNO2. The summed E-state index contributed by atoms with van der Waals surface area (Å²) < 4.78 is 11.3. The van der Waals surface area contributed by atoms with Gasteiger partial charge in [-0.1, -0.05) is 55.6 Å². The molecule has 0 fully saturated rings. The molecule has 0 unspecified atom stereocenters. The van der Waals surface area contributed by atoms with Gasteiger partial charge in [0, 0.05) is 17.1 Å². The molecule has 2 aromatic carbocycles. The van der Waals surface area contributed by atoms with Crippen molar-refractivity contribution < 1.29 is 9.47 Å². The Balaban J connectivity index is 1.92. The minimum atomic E-state index is 0.421. The molecular weight excluding hydrogens is 322 g/mol. The van der Waals surface area contributed by atoms with E-state index in [1.165, 1.54) is 24.8 Å². The third kappa shape index (κ3) is 5.73. The summed E-state index contributed by atoms with van der Waals surface area (Å²) >= 11 is 6.16. The van der Waals surface area contributed by atoms with Gasteiger partial charge in [-0.25, -0.2) is 0 Å². The molecule has 2 rings (SSSR count). The Morgan fingerprint density at radius 1 is 1.04 bits per heavy atom. The zero-order valence-electron chi connectivity index (χ0n) is 14.5. The number of benzene rings is 2. The van der Waals surface area contributed by atoms with E-state index < -0.39 is 0 Å². The van der Waals surface area contributed by atoms with Crippen LogP contribution in [0, 0.1) is 0 Å². The number of unbranched alkanes of at least 4 members (excludes halogenated alkanes) is 2. The van der Waals surface area contributed by atoms with Crippen molar-refractivity contribution in [1.29, 1.82) is 0 Å². The lowest BCUT2D eigenvalue weighted by atomic mass is 10.2. The van der Waals surface area contributed by atoms with Crippen LogP contribution < -0.4 is 14.8 Å². The molecule has 0 radical (unpaired) electrons. The number of hydrogen-bond acceptors (Lipinski definition) is 3. The first-order valence-electron chi connectivity index (χ1n) is 8.48. The van der Waals surface area contributed by atoms with Gasteiger partial charge >= 0.3 is 0 Å². The lowest BCUT2D eigenvalue weighted by Gasteiger charge is -2.13. The maximum absolute atomic E-state index is 6.16. The first-order valence-corrected chi connectivity index (χ1v) is 8.86. The van der Waals surface area contributed by atoms with Gasteiger partial charge in [-0.05, 0) is 36.7 Å². The Bertz CT molecular complexity index is 631. The van der Waals surface area contributed by atoms with Crippen LogP contribution in [0.1, 0.15) is 37.3 Å². The monoisotopic (exact) mass is 347 g/mol. The van der Waals surface area contributed by atoms with Crippen molar-refractivity contribution in [2.75, 3.05) is 13.7 Å². The average Bonchev–Trinajstić information content (AvgIpc) is 2.61. The number of methoxy groups -OCH3 is 1. The van der Waals surface area contributed by atoms with Gasteiger partial charge in [-0.2, -0.15) is 0 Å². The molecule has 3 nitrogen and oxygen atoms in total. The minimum absolute atomic E-state index is 0.421. The number of nitrogens with one attached hydrogen (secondary N) is 1. The Labute approximate surface area is 149 Å². The molecule has 24 heavy (non-hydrogen) atoms. The Morgan fingerprint density at radius 2 is 1.88 bits per heavy atom. The molecule has 0 saturated carbocycles. The van der Waals surface area contributed by atoms with Crippen LogP contribution in [0.3, 0.4) is 0 Å². The molecule has 0 heterocycles. The maximum atomic E-state index is 6.16. The van der Waals surface area contributed by atoms with Crippen LogP contribution >= 0.6 is 11.6 Å². The van der Waals surface area contributed by atoms with Crippen molar-refractivity contribution in [3.05, 3.63) is 58.6 Å². The summed E-state index contributed by atoms with van der Waals surface area (Å²) in [5.74, 6) is 1.47. The van der Waals surface area contributed by atoms with Gasteiger partial charge in [0.05, 0.1) is 7.11 Å². The second-order valence-electron chi connectivity index (χ2n) is 5.75. The van der Waals surface area contributed by atoms with Crippen molar-refractivity contribution in [1.82, 2.24) is 5.32 Å². The second kappa shape index (κ2) is 10.2. The first-order chi connectivity index (χ1) is 11.7. The van der Waals surface area contributed by atoms with E-state index in [-0.39, 0.29) is 0 Å². The number of halogens is 1. The van der Waals surface area contributed by atoms with Gasteiger partial charge in [-0.15, -0.1) is 0 Å². The summed E-state index contributed by atoms with van der Waals surface area (Å²) in [6.45, 7) is 4.52.